The number of ether oxygens (including phenoxy) is 2. The lowest BCUT2D eigenvalue weighted by Gasteiger charge is -2.35. The highest BCUT2D eigenvalue weighted by Crippen LogP contribution is 2.40. The molecule has 0 fully saturated rings. The summed E-state index contributed by atoms with van der Waals surface area (Å²) in [7, 11) is 0. The van der Waals surface area contributed by atoms with Crippen molar-refractivity contribution in [3.05, 3.63) is 93.5 Å². The standard InChI is InChI=1S/C28H24N3O6/c1-2-28(37-24(33)14-30-9-5-6-17(12-30)15-32)21-11-23-25-19(10-18-7-3-4-8-22(18)29-25)13-31(23)26(34)20(21)16-36-27(28)35/h3-12,32H,2,13-16H2,1H3/q+1/t28-/m0/s1. The first-order valence-electron chi connectivity index (χ1n) is 12.1. The molecule has 9 nitrogen and oxygen atoms in total. The molecule has 0 saturated heterocycles. The van der Waals surface area contributed by atoms with E-state index >= 15 is 0 Å². The van der Waals surface area contributed by atoms with Crippen molar-refractivity contribution in [2.75, 3.05) is 0 Å². The summed E-state index contributed by atoms with van der Waals surface area (Å²) in [5.41, 5.74) is 2.18. The van der Waals surface area contributed by atoms with Crippen LogP contribution in [0, 0.1) is 0 Å². The highest BCUT2D eigenvalue weighted by atomic mass is 16.6. The number of cyclic esters (lactones) is 1. The Balaban J connectivity index is 1.44. The van der Waals surface area contributed by atoms with Crippen molar-refractivity contribution >= 4 is 22.8 Å². The van der Waals surface area contributed by atoms with E-state index in [2.05, 4.69) is 0 Å². The summed E-state index contributed by atoms with van der Waals surface area (Å²) in [4.78, 5) is 44.6. The van der Waals surface area contributed by atoms with Crippen molar-refractivity contribution in [2.24, 2.45) is 0 Å². The Morgan fingerprint density at radius 2 is 2.05 bits per heavy atom. The van der Waals surface area contributed by atoms with Crippen LogP contribution in [0.15, 0.2) is 65.7 Å². The highest BCUT2D eigenvalue weighted by molar-refractivity contribution is 5.88. The first-order chi connectivity index (χ1) is 17.9. The molecule has 1 aromatic carbocycles. The third-order valence-corrected chi connectivity index (χ3v) is 7.09. The van der Waals surface area contributed by atoms with Crippen molar-refractivity contribution in [1.82, 2.24) is 9.55 Å². The Labute approximate surface area is 211 Å². The topological polar surface area (TPSA) is 112 Å². The van der Waals surface area contributed by atoms with E-state index in [1.807, 2.05) is 30.3 Å². The van der Waals surface area contributed by atoms with E-state index in [0.717, 1.165) is 16.5 Å². The monoisotopic (exact) mass is 498 g/mol. The van der Waals surface area contributed by atoms with Crippen LogP contribution >= 0.6 is 0 Å². The lowest BCUT2D eigenvalue weighted by atomic mass is 9.85. The van der Waals surface area contributed by atoms with Crippen molar-refractivity contribution in [3.63, 3.8) is 0 Å². The van der Waals surface area contributed by atoms with Gasteiger partial charge in [0.2, 0.25) is 12.1 Å². The van der Waals surface area contributed by atoms with Crippen LogP contribution in [0.2, 0.25) is 0 Å². The molecule has 0 bridgehead atoms. The predicted octanol–water partition coefficient (Wildman–Crippen LogP) is 2.11. The Bertz CT molecular complexity index is 1660. The zero-order valence-electron chi connectivity index (χ0n) is 20.1. The fourth-order valence-corrected chi connectivity index (χ4v) is 5.23. The summed E-state index contributed by atoms with van der Waals surface area (Å²) in [5.74, 6) is -1.38. The number of esters is 2. The summed E-state index contributed by atoms with van der Waals surface area (Å²) < 4.78 is 14.4. The number of rotatable bonds is 5. The summed E-state index contributed by atoms with van der Waals surface area (Å²) in [6.07, 6.45) is 3.38. The first kappa shape index (κ1) is 23.1. The molecule has 6 rings (SSSR count). The minimum absolute atomic E-state index is 0.0901. The SMILES string of the molecule is CC[C@@]1(OC(=O)C[n+]2cccc(CO)c2)C(=O)OCc2c1cc1n(c2=O)Cc2cc3ccccc3nc2-1. The number of hydrogen-bond acceptors (Lipinski definition) is 7. The lowest BCUT2D eigenvalue weighted by molar-refractivity contribution is -0.686. The van der Waals surface area contributed by atoms with E-state index in [0.29, 0.717) is 34.6 Å². The number of para-hydroxylation sites is 1. The van der Waals surface area contributed by atoms with E-state index in [9.17, 15) is 19.5 Å². The molecule has 0 amide bonds. The molecule has 186 valence electrons. The number of fused-ring (bicyclic) bond motifs is 5. The minimum Gasteiger partial charge on any atom is -0.457 e. The van der Waals surface area contributed by atoms with Gasteiger partial charge in [0.15, 0.2) is 12.4 Å². The van der Waals surface area contributed by atoms with Crippen LogP contribution in [0.25, 0.3) is 22.3 Å². The molecule has 0 spiro atoms. The number of carbonyl (C=O) groups excluding carboxylic acids is 2. The number of aromatic nitrogens is 3. The largest absolute Gasteiger partial charge is 0.457 e. The number of benzene rings is 1. The summed E-state index contributed by atoms with van der Waals surface area (Å²) >= 11 is 0. The smallest absolute Gasteiger partial charge is 0.374 e. The number of nitrogens with zero attached hydrogens (tertiary/aromatic N) is 3. The van der Waals surface area contributed by atoms with Gasteiger partial charge in [0.1, 0.15) is 6.61 Å². The average Bonchev–Trinajstić information content (AvgIpc) is 3.27. The van der Waals surface area contributed by atoms with E-state index in [-0.39, 0.29) is 31.7 Å². The number of aliphatic hydroxyl groups is 1. The molecule has 1 N–H and O–H groups in total. The van der Waals surface area contributed by atoms with Crippen molar-refractivity contribution in [2.45, 2.75) is 45.2 Å². The second kappa shape index (κ2) is 8.63. The van der Waals surface area contributed by atoms with E-state index in [1.54, 1.807) is 46.7 Å². The van der Waals surface area contributed by atoms with Crippen LogP contribution in [0.5, 0.6) is 0 Å². The van der Waals surface area contributed by atoms with Gasteiger partial charge in [-0.1, -0.05) is 25.1 Å². The molecule has 0 aliphatic carbocycles. The van der Waals surface area contributed by atoms with E-state index < -0.39 is 17.5 Å². The van der Waals surface area contributed by atoms with Gasteiger partial charge in [-0.15, -0.1) is 0 Å². The summed E-state index contributed by atoms with van der Waals surface area (Å²) in [6, 6.07) is 14.9. The quantitative estimate of drug-likeness (QED) is 0.292. The molecule has 2 aliphatic rings. The summed E-state index contributed by atoms with van der Waals surface area (Å²) in [6.45, 7) is 1.53. The fraction of sp³-hybridized carbons (Fsp3) is 0.250. The van der Waals surface area contributed by atoms with Gasteiger partial charge in [0.25, 0.3) is 5.56 Å². The Morgan fingerprint density at radius 3 is 2.86 bits per heavy atom. The van der Waals surface area contributed by atoms with Crippen molar-refractivity contribution in [3.8, 4) is 11.4 Å². The molecule has 0 radical (unpaired) electrons. The molecule has 4 aromatic rings. The van der Waals surface area contributed by atoms with Crippen LogP contribution in [0.3, 0.4) is 0 Å². The minimum atomic E-state index is -1.76. The molecule has 1 atom stereocenters. The molecule has 0 saturated carbocycles. The summed E-state index contributed by atoms with van der Waals surface area (Å²) in [5, 5.41) is 10.4. The third-order valence-electron chi connectivity index (χ3n) is 7.09. The van der Waals surface area contributed by atoms with E-state index in [4.69, 9.17) is 14.5 Å². The highest BCUT2D eigenvalue weighted by Gasteiger charge is 2.50. The van der Waals surface area contributed by atoms with Gasteiger partial charge in [-0.05, 0) is 30.7 Å². The molecular formula is C28H24N3O6+. The third kappa shape index (κ3) is 3.62. The van der Waals surface area contributed by atoms with Crippen LogP contribution in [-0.4, -0.2) is 26.6 Å². The van der Waals surface area contributed by atoms with Gasteiger partial charge in [-0.2, -0.15) is 4.57 Å². The van der Waals surface area contributed by atoms with Gasteiger partial charge in [0, 0.05) is 28.1 Å². The van der Waals surface area contributed by atoms with Gasteiger partial charge < -0.3 is 19.1 Å². The van der Waals surface area contributed by atoms with Crippen molar-refractivity contribution < 1.29 is 28.7 Å². The Morgan fingerprint density at radius 1 is 1.22 bits per heavy atom. The number of hydrogen-bond donors (Lipinski definition) is 1. The molecular weight excluding hydrogens is 474 g/mol. The molecule has 3 aromatic heterocycles. The van der Waals surface area contributed by atoms with Crippen LogP contribution < -0.4 is 10.1 Å². The Kier molecular flexibility index (Phi) is 5.38. The maximum atomic E-state index is 13.6. The van der Waals surface area contributed by atoms with Gasteiger partial charge in [0.05, 0.1) is 35.6 Å². The maximum absolute atomic E-state index is 13.6. The molecule has 9 heteroatoms. The van der Waals surface area contributed by atoms with Crippen molar-refractivity contribution in [1.29, 1.82) is 0 Å². The molecule has 2 aliphatic heterocycles. The van der Waals surface area contributed by atoms with Crippen LogP contribution in [0.4, 0.5) is 0 Å². The maximum Gasteiger partial charge on any atom is 0.374 e. The second-order valence-corrected chi connectivity index (χ2v) is 9.28. The zero-order chi connectivity index (χ0) is 25.7. The normalized spacial score (nSPS) is 17.6. The zero-order valence-corrected chi connectivity index (χ0v) is 20.1. The average molecular weight is 499 g/mol. The van der Waals surface area contributed by atoms with Gasteiger partial charge in [-0.3, -0.25) is 4.79 Å². The molecule has 5 heterocycles. The number of aliphatic hydroxyl groups excluding tert-OH is 1. The lowest BCUT2D eigenvalue weighted by Crippen LogP contribution is -2.49. The Hall–Kier alpha value is -4.37. The van der Waals surface area contributed by atoms with Gasteiger partial charge in [-0.25, -0.2) is 14.6 Å². The first-order valence-corrected chi connectivity index (χ1v) is 12.1. The number of pyridine rings is 3. The molecule has 0 unspecified atom stereocenters. The second-order valence-electron chi connectivity index (χ2n) is 9.28. The number of carbonyl (C=O) groups is 2. The van der Waals surface area contributed by atoms with Crippen LogP contribution in [0.1, 0.15) is 35.6 Å². The van der Waals surface area contributed by atoms with E-state index in [1.165, 1.54) is 0 Å². The molecule has 37 heavy (non-hydrogen) atoms. The predicted molar refractivity (Wildman–Crippen MR) is 131 cm³/mol. The van der Waals surface area contributed by atoms with Crippen LogP contribution in [-0.2, 0) is 51.0 Å². The van der Waals surface area contributed by atoms with Gasteiger partial charge >= 0.3 is 11.9 Å². The fourth-order valence-electron chi connectivity index (χ4n) is 5.23.